The van der Waals surface area contributed by atoms with E-state index in [-0.39, 0.29) is 28.2 Å². The van der Waals surface area contributed by atoms with E-state index in [9.17, 15) is 14.4 Å². The number of nitrogens with one attached hydrogen (secondary N) is 1. The number of hydrogen-bond acceptors (Lipinski definition) is 8. The van der Waals surface area contributed by atoms with E-state index in [4.69, 9.17) is 0 Å². The van der Waals surface area contributed by atoms with Crippen LogP contribution in [0, 0.1) is 0 Å². The van der Waals surface area contributed by atoms with Gasteiger partial charge in [0.2, 0.25) is 5.95 Å². The molecule has 0 spiro atoms. The monoisotopic (exact) mass is 333 g/mol. The highest BCUT2D eigenvalue weighted by Gasteiger charge is 2.23. The molecule has 0 radical (unpaired) electrons. The summed E-state index contributed by atoms with van der Waals surface area (Å²) in [6.07, 6.45) is 1.45. The lowest BCUT2D eigenvalue weighted by Crippen LogP contribution is -2.18. The summed E-state index contributed by atoms with van der Waals surface area (Å²) in [5.41, 5.74) is -1.11. The quantitative estimate of drug-likeness (QED) is 0.474. The molecule has 0 aliphatic rings. The van der Waals surface area contributed by atoms with Crippen LogP contribution in [0.3, 0.4) is 0 Å². The maximum absolute atomic E-state index is 12.1. The second-order valence-electron chi connectivity index (χ2n) is 4.83. The van der Waals surface area contributed by atoms with Crippen molar-refractivity contribution in [1.82, 2.24) is 19.9 Å². The first-order valence-corrected chi connectivity index (χ1v) is 6.69. The Hall–Kier alpha value is -3.30. The summed E-state index contributed by atoms with van der Waals surface area (Å²) in [6.45, 7) is 0. The molecule has 0 aliphatic heterocycles. The van der Waals surface area contributed by atoms with E-state index in [1.54, 1.807) is 19.0 Å². The smallest absolute Gasteiger partial charge is 0.357 e. The van der Waals surface area contributed by atoms with Crippen molar-refractivity contribution in [2.75, 3.05) is 28.3 Å². The molecule has 2 heterocycles. The third-order valence-corrected chi connectivity index (χ3v) is 2.86. The lowest BCUT2D eigenvalue weighted by molar-refractivity contribution is 0.0550. The van der Waals surface area contributed by atoms with Gasteiger partial charge >= 0.3 is 11.9 Å². The topological polar surface area (TPSA) is 127 Å². The predicted molar refractivity (Wildman–Crippen MR) is 84.7 cm³/mol. The molecule has 2 aromatic heterocycles. The van der Waals surface area contributed by atoms with Gasteiger partial charge in [0.1, 0.15) is 0 Å². The standard InChI is InChI=1S/C14H15N5O5/c1-19(2)6-15-14-16-8-5-7(12(21)23-3)9(13(22)24-4)17-10(8)11(20)18-14/h5-6H,1-4H3,(H,16,18,20)/b15-6+. The van der Waals surface area contributed by atoms with Crippen molar-refractivity contribution in [2.45, 2.75) is 0 Å². The van der Waals surface area contributed by atoms with Gasteiger partial charge in [0, 0.05) is 14.1 Å². The van der Waals surface area contributed by atoms with Crippen LogP contribution >= 0.6 is 0 Å². The van der Waals surface area contributed by atoms with E-state index in [1.807, 2.05) is 0 Å². The Morgan fingerprint density at radius 1 is 1.21 bits per heavy atom. The number of esters is 2. The number of nitrogens with zero attached hydrogens (tertiary/aromatic N) is 4. The molecule has 2 aromatic rings. The minimum absolute atomic E-state index is 0.0321. The normalized spacial score (nSPS) is 10.8. The molecule has 0 atom stereocenters. The van der Waals surface area contributed by atoms with E-state index >= 15 is 0 Å². The van der Waals surface area contributed by atoms with Crippen molar-refractivity contribution in [3.63, 3.8) is 0 Å². The van der Waals surface area contributed by atoms with Gasteiger partial charge in [-0.2, -0.15) is 0 Å². The number of fused-ring (bicyclic) bond motifs is 1. The first-order chi connectivity index (χ1) is 11.4. The maximum Gasteiger partial charge on any atom is 0.357 e. The molecule has 0 amide bonds. The van der Waals surface area contributed by atoms with Crippen molar-refractivity contribution < 1.29 is 19.1 Å². The largest absolute Gasteiger partial charge is 0.465 e. The fourth-order valence-corrected chi connectivity index (χ4v) is 1.81. The highest BCUT2D eigenvalue weighted by Crippen LogP contribution is 2.16. The summed E-state index contributed by atoms with van der Waals surface area (Å²) in [4.78, 5) is 51.9. The molecule has 1 N–H and O–H groups in total. The second-order valence-corrected chi connectivity index (χ2v) is 4.83. The van der Waals surface area contributed by atoms with E-state index in [2.05, 4.69) is 29.4 Å². The minimum Gasteiger partial charge on any atom is -0.465 e. The lowest BCUT2D eigenvalue weighted by Gasteiger charge is -2.07. The first-order valence-electron chi connectivity index (χ1n) is 6.69. The Balaban J connectivity index is 2.73. The van der Waals surface area contributed by atoms with Gasteiger partial charge in [0.25, 0.3) is 5.56 Å². The molecule has 2 rings (SSSR count). The molecule has 10 heteroatoms. The average molecular weight is 333 g/mol. The third-order valence-electron chi connectivity index (χ3n) is 2.86. The number of aromatic amines is 1. The molecule has 0 saturated heterocycles. The van der Waals surface area contributed by atoms with Gasteiger partial charge in [-0.3, -0.25) is 9.78 Å². The second kappa shape index (κ2) is 6.86. The number of aliphatic imine (C=N–C) groups is 1. The molecule has 0 bridgehead atoms. The van der Waals surface area contributed by atoms with Crippen molar-refractivity contribution in [1.29, 1.82) is 0 Å². The molecular formula is C14H15N5O5. The van der Waals surface area contributed by atoms with Crippen molar-refractivity contribution in [2.24, 2.45) is 4.99 Å². The Morgan fingerprint density at radius 3 is 2.46 bits per heavy atom. The lowest BCUT2D eigenvalue weighted by atomic mass is 10.1. The highest BCUT2D eigenvalue weighted by molar-refractivity contribution is 6.04. The van der Waals surface area contributed by atoms with Gasteiger partial charge < -0.3 is 14.4 Å². The van der Waals surface area contributed by atoms with Crippen LogP contribution < -0.4 is 5.56 Å². The van der Waals surface area contributed by atoms with Crippen molar-refractivity contribution in [3.8, 4) is 0 Å². The number of carbonyl (C=O) groups excluding carboxylic acids is 2. The van der Waals surface area contributed by atoms with E-state index in [0.29, 0.717) is 0 Å². The van der Waals surface area contributed by atoms with Gasteiger partial charge in [0.15, 0.2) is 11.2 Å². The average Bonchev–Trinajstić information content (AvgIpc) is 2.57. The number of aromatic nitrogens is 3. The predicted octanol–water partition coefficient (Wildman–Crippen LogP) is 0.113. The van der Waals surface area contributed by atoms with Crippen molar-refractivity contribution >= 4 is 35.3 Å². The molecule has 24 heavy (non-hydrogen) atoms. The van der Waals surface area contributed by atoms with Crippen LogP contribution in [0.2, 0.25) is 0 Å². The number of methoxy groups -OCH3 is 2. The third kappa shape index (κ3) is 3.37. The molecule has 0 fully saturated rings. The Bertz CT molecular complexity index is 887. The van der Waals surface area contributed by atoms with Gasteiger partial charge in [-0.25, -0.2) is 24.5 Å². The molecule has 10 nitrogen and oxygen atoms in total. The molecule has 0 aromatic carbocycles. The summed E-state index contributed by atoms with van der Waals surface area (Å²) >= 11 is 0. The summed E-state index contributed by atoms with van der Waals surface area (Å²) in [5, 5.41) is 0. The fourth-order valence-electron chi connectivity index (χ4n) is 1.81. The Morgan fingerprint density at radius 2 is 1.88 bits per heavy atom. The van der Waals surface area contributed by atoms with Crippen LogP contribution in [0.15, 0.2) is 15.9 Å². The van der Waals surface area contributed by atoms with Gasteiger partial charge in [-0.1, -0.05) is 0 Å². The first kappa shape index (κ1) is 17.1. The van der Waals surface area contributed by atoms with Crippen LogP contribution in [0.4, 0.5) is 5.95 Å². The number of pyridine rings is 1. The number of carbonyl (C=O) groups is 2. The molecular weight excluding hydrogens is 318 g/mol. The van der Waals surface area contributed by atoms with Gasteiger partial charge in [0.05, 0.1) is 31.6 Å². The van der Waals surface area contributed by atoms with E-state index in [0.717, 1.165) is 14.2 Å². The SMILES string of the molecule is COC(=O)c1cc2nc(/N=C/N(C)C)[nH]c(=O)c2nc1C(=O)OC. The number of H-pyrrole nitrogens is 1. The zero-order valence-corrected chi connectivity index (χ0v) is 13.5. The zero-order valence-electron chi connectivity index (χ0n) is 13.5. The summed E-state index contributed by atoms with van der Waals surface area (Å²) < 4.78 is 9.20. The van der Waals surface area contributed by atoms with Gasteiger partial charge in [-0.05, 0) is 6.07 Å². The Kier molecular flexibility index (Phi) is 4.87. The van der Waals surface area contributed by atoms with Crippen LogP contribution in [-0.4, -0.2) is 66.4 Å². The Labute approximate surface area is 136 Å². The number of hydrogen-bond donors (Lipinski definition) is 1. The highest BCUT2D eigenvalue weighted by atomic mass is 16.5. The van der Waals surface area contributed by atoms with Crippen LogP contribution in [-0.2, 0) is 9.47 Å². The molecule has 126 valence electrons. The van der Waals surface area contributed by atoms with Crippen LogP contribution in [0.1, 0.15) is 20.8 Å². The number of ether oxygens (including phenoxy) is 2. The minimum atomic E-state index is -0.869. The van der Waals surface area contributed by atoms with E-state index < -0.39 is 17.5 Å². The van der Waals surface area contributed by atoms with E-state index in [1.165, 1.54) is 12.4 Å². The molecule has 0 saturated carbocycles. The summed E-state index contributed by atoms with van der Waals surface area (Å²) in [5.74, 6) is -1.64. The van der Waals surface area contributed by atoms with Crippen LogP contribution in [0.5, 0.6) is 0 Å². The zero-order chi connectivity index (χ0) is 17.9. The maximum atomic E-state index is 12.1. The molecule has 0 unspecified atom stereocenters. The van der Waals surface area contributed by atoms with Gasteiger partial charge in [-0.15, -0.1) is 0 Å². The fraction of sp³-hybridized carbons (Fsp3) is 0.286. The van der Waals surface area contributed by atoms with Crippen molar-refractivity contribution in [3.05, 3.63) is 27.7 Å². The molecule has 0 aliphatic carbocycles. The number of rotatable bonds is 4. The summed E-state index contributed by atoms with van der Waals surface area (Å²) in [6, 6.07) is 1.24. The summed E-state index contributed by atoms with van der Waals surface area (Å²) in [7, 11) is 5.80. The van der Waals surface area contributed by atoms with Crippen LogP contribution in [0.25, 0.3) is 11.0 Å².